The lowest BCUT2D eigenvalue weighted by molar-refractivity contribution is 0.976. The van der Waals surface area contributed by atoms with Gasteiger partial charge < -0.3 is 11.5 Å². The fraction of sp³-hybridized carbons (Fsp3) is 0.500. The fourth-order valence-corrected chi connectivity index (χ4v) is 0.468. The Labute approximate surface area is 78.5 Å². The minimum absolute atomic E-state index is 0.241. The minimum atomic E-state index is 0.241. The highest BCUT2D eigenvalue weighted by Gasteiger charge is 2.10. The predicted molar refractivity (Wildman–Crippen MR) is 44.6 cm³/mol. The highest BCUT2D eigenvalue weighted by atomic mass is 15.6. The second kappa shape index (κ2) is 5.66. The van der Waals surface area contributed by atoms with Gasteiger partial charge in [-0.05, 0) is 20.9 Å². The van der Waals surface area contributed by atoms with E-state index in [4.69, 9.17) is 11.5 Å². The molecule has 2 heterocycles. The van der Waals surface area contributed by atoms with Gasteiger partial charge in [0.2, 0.25) is 11.6 Å². The van der Waals surface area contributed by atoms with Gasteiger partial charge in [-0.2, -0.15) is 0 Å². The van der Waals surface area contributed by atoms with E-state index in [1.165, 1.54) is 0 Å². The van der Waals surface area contributed by atoms with E-state index in [9.17, 15) is 0 Å². The van der Waals surface area contributed by atoms with E-state index in [-0.39, 0.29) is 11.6 Å². The zero-order valence-electron chi connectivity index (χ0n) is 7.15. The predicted octanol–water partition coefficient (Wildman–Crippen LogP) is 0.683. The Kier molecular flexibility index (Phi) is 4.10. The van der Waals surface area contributed by atoms with E-state index in [2.05, 4.69) is 41.4 Å². The third-order valence-electron chi connectivity index (χ3n) is 1.00. The lowest BCUT2D eigenvalue weighted by Crippen LogP contribution is -2.11. The van der Waals surface area contributed by atoms with Crippen LogP contribution in [-0.4, -0.2) is 13.1 Å². The van der Waals surface area contributed by atoms with Gasteiger partial charge in [-0.15, -0.1) is 20.5 Å². The van der Waals surface area contributed by atoms with Crippen molar-refractivity contribution in [2.24, 2.45) is 52.8 Å². The van der Waals surface area contributed by atoms with Gasteiger partial charge in [0, 0.05) is 13.1 Å². The molecule has 0 aromatic carbocycles. The molecule has 0 spiro atoms. The summed E-state index contributed by atoms with van der Waals surface area (Å²) in [5, 5.41) is 26.9. The van der Waals surface area contributed by atoms with Gasteiger partial charge in [-0.25, -0.2) is 0 Å². The molecule has 0 saturated carbocycles. The monoisotopic (exact) mass is 196 g/mol. The number of rotatable bonds is 1. The summed E-state index contributed by atoms with van der Waals surface area (Å²) in [4.78, 5) is 0. The molecule has 10 nitrogen and oxygen atoms in total. The van der Waals surface area contributed by atoms with Crippen LogP contribution in [0.1, 0.15) is 0 Å². The zero-order valence-corrected chi connectivity index (χ0v) is 7.15. The lowest BCUT2D eigenvalue weighted by Gasteiger charge is -1.79. The van der Waals surface area contributed by atoms with Gasteiger partial charge in [0.25, 0.3) is 0 Å². The van der Waals surface area contributed by atoms with Crippen molar-refractivity contribution in [2.45, 2.75) is 0 Å². The highest BCUT2D eigenvalue weighted by molar-refractivity contribution is 5.08. The van der Waals surface area contributed by atoms with Crippen molar-refractivity contribution < 1.29 is 0 Å². The first-order valence-corrected chi connectivity index (χ1v) is 3.66. The summed E-state index contributed by atoms with van der Waals surface area (Å²) in [6.07, 6.45) is 0. The molecule has 0 atom stereocenters. The molecular weight excluding hydrogens is 188 g/mol. The summed E-state index contributed by atoms with van der Waals surface area (Å²) in [6.45, 7) is 1.19. The largest absolute Gasteiger partial charge is 0.329 e. The zero-order chi connectivity index (χ0) is 10.2. The maximum Gasteiger partial charge on any atom is 0.248 e. The fourth-order valence-electron chi connectivity index (χ4n) is 0.468. The van der Waals surface area contributed by atoms with Crippen LogP contribution in [-0.2, 0) is 0 Å². The van der Waals surface area contributed by atoms with E-state index in [1.54, 1.807) is 0 Å². The molecule has 0 unspecified atom stereocenters. The summed E-state index contributed by atoms with van der Waals surface area (Å²) < 4.78 is 0. The summed E-state index contributed by atoms with van der Waals surface area (Å²) >= 11 is 0. The molecule has 0 aliphatic carbocycles. The third-order valence-corrected chi connectivity index (χ3v) is 1.00. The van der Waals surface area contributed by atoms with Crippen LogP contribution in [0, 0.1) is 0 Å². The van der Waals surface area contributed by atoms with Crippen molar-refractivity contribution in [3.8, 4) is 0 Å². The number of hydrogen-bond donors (Lipinski definition) is 2. The summed E-state index contributed by atoms with van der Waals surface area (Å²) in [7, 11) is 0. The molecule has 4 N–H and O–H groups in total. The molecular formula is C4H8N10. The van der Waals surface area contributed by atoms with E-state index in [0.717, 1.165) is 0 Å². The quantitative estimate of drug-likeness (QED) is 0.633. The van der Waals surface area contributed by atoms with Crippen LogP contribution < -0.4 is 11.5 Å². The minimum Gasteiger partial charge on any atom is -0.329 e. The molecule has 0 saturated heterocycles. The summed E-state index contributed by atoms with van der Waals surface area (Å²) in [6, 6.07) is 0. The molecule has 2 rings (SSSR count). The molecule has 0 aromatic rings. The van der Waals surface area contributed by atoms with Crippen molar-refractivity contribution in [2.75, 3.05) is 13.1 Å². The maximum atomic E-state index is 4.90. The maximum absolute atomic E-state index is 4.90. The topological polar surface area (TPSA) is 151 Å². The molecule has 0 aromatic heterocycles. The standard InChI is InChI=1S/C2N8.C2H8N2/c3-1(4-8-7-3)2-5-9-10-6-2;3-1-2-4/h;1-4H2. The molecule has 10 heteroatoms. The first-order chi connectivity index (χ1) is 6.88. The Balaban J connectivity index is 0.000000213. The van der Waals surface area contributed by atoms with Crippen LogP contribution in [0.15, 0.2) is 53.0 Å². The van der Waals surface area contributed by atoms with Crippen LogP contribution in [0.2, 0.25) is 0 Å². The summed E-state index contributed by atoms with van der Waals surface area (Å²) in [5.41, 5.74) is 9.81. The summed E-state index contributed by atoms with van der Waals surface area (Å²) in [5.74, 6) is 0.481. The Bertz CT molecular complexity index is 261. The Morgan fingerprint density at radius 3 is 1.14 bits per heavy atom. The van der Waals surface area contributed by atoms with Crippen molar-refractivity contribution in [1.29, 1.82) is 0 Å². The van der Waals surface area contributed by atoms with Gasteiger partial charge in [-0.1, -0.05) is 0 Å². The second-order valence-corrected chi connectivity index (χ2v) is 1.98. The SMILES string of the molecule is N1=NC(=C2N=NN=N2)N=N1.NCCN. The highest BCUT2D eigenvalue weighted by Crippen LogP contribution is 2.19. The molecule has 2 aliphatic rings. The normalized spacial score (nSPS) is 16.4. The third kappa shape index (κ3) is 2.84. The Hall–Kier alpha value is -1.94. The van der Waals surface area contributed by atoms with Crippen molar-refractivity contribution >= 4 is 0 Å². The number of nitrogens with two attached hydrogens (primary N) is 2. The van der Waals surface area contributed by atoms with E-state index >= 15 is 0 Å². The van der Waals surface area contributed by atoms with Gasteiger partial charge in [0.15, 0.2) is 0 Å². The van der Waals surface area contributed by atoms with Crippen LogP contribution in [0.25, 0.3) is 0 Å². The van der Waals surface area contributed by atoms with E-state index in [1.807, 2.05) is 0 Å². The molecule has 74 valence electrons. The average Bonchev–Trinajstić information content (AvgIpc) is 2.89. The molecule has 0 bridgehead atoms. The van der Waals surface area contributed by atoms with Gasteiger partial charge in [0.05, 0.1) is 0 Å². The van der Waals surface area contributed by atoms with Crippen molar-refractivity contribution in [3.05, 3.63) is 11.6 Å². The second-order valence-electron chi connectivity index (χ2n) is 1.98. The number of nitrogens with zero attached hydrogens (tertiary/aromatic N) is 8. The van der Waals surface area contributed by atoms with Crippen molar-refractivity contribution in [3.63, 3.8) is 0 Å². The van der Waals surface area contributed by atoms with Crippen LogP contribution >= 0.6 is 0 Å². The van der Waals surface area contributed by atoms with E-state index in [0.29, 0.717) is 13.1 Å². The van der Waals surface area contributed by atoms with Gasteiger partial charge in [0.1, 0.15) is 0 Å². The molecule has 2 aliphatic heterocycles. The van der Waals surface area contributed by atoms with Crippen LogP contribution in [0.3, 0.4) is 0 Å². The average molecular weight is 196 g/mol. The smallest absolute Gasteiger partial charge is 0.248 e. The van der Waals surface area contributed by atoms with Crippen LogP contribution in [0.4, 0.5) is 0 Å². The van der Waals surface area contributed by atoms with Crippen molar-refractivity contribution in [1.82, 2.24) is 0 Å². The molecule has 14 heavy (non-hydrogen) atoms. The van der Waals surface area contributed by atoms with Crippen LogP contribution in [0.5, 0.6) is 0 Å². The number of hydrogen-bond acceptors (Lipinski definition) is 10. The van der Waals surface area contributed by atoms with Gasteiger partial charge in [-0.3, -0.25) is 0 Å². The molecule has 0 radical (unpaired) electrons. The molecule has 0 fully saturated rings. The Morgan fingerprint density at radius 1 is 0.643 bits per heavy atom. The molecule has 0 amide bonds. The Morgan fingerprint density at radius 2 is 0.929 bits per heavy atom. The lowest BCUT2D eigenvalue weighted by atomic mass is 10.7. The van der Waals surface area contributed by atoms with E-state index < -0.39 is 0 Å². The first kappa shape index (κ1) is 10.1. The first-order valence-electron chi connectivity index (χ1n) is 3.66. The van der Waals surface area contributed by atoms with Gasteiger partial charge >= 0.3 is 0 Å².